The molecule has 0 bridgehead atoms. The van der Waals surface area contributed by atoms with Gasteiger partial charge in [-0.3, -0.25) is 0 Å². The van der Waals surface area contributed by atoms with Crippen molar-refractivity contribution < 1.29 is 22.7 Å². The van der Waals surface area contributed by atoms with Crippen molar-refractivity contribution in [2.45, 2.75) is 11.8 Å². The summed E-state index contributed by atoms with van der Waals surface area (Å²) in [5.74, 6) is 0.633. The third-order valence-electron chi connectivity index (χ3n) is 3.20. The maximum absolute atomic E-state index is 12.2. The zero-order valence-electron chi connectivity index (χ0n) is 12.0. The average Bonchev–Trinajstić information content (AvgIpc) is 2.84. The lowest BCUT2D eigenvalue weighted by molar-refractivity contribution is 0.159. The largest absolute Gasteiger partial charge is 0.496 e. The van der Waals surface area contributed by atoms with Crippen molar-refractivity contribution in [3.05, 3.63) is 23.8 Å². The summed E-state index contributed by atoms with van der Waals surface area (Å²) < 4.78 is 36.6. The van der Waals surface area contributed by atoms with Gasteiger partial charge in [-0.2, -0.15) is 0 Å². The monoisotopic (exact) mass is 314 g/mol. The maximum atomic E-state index is 12.2. The Labute approximate surface area is 123 Å². The van der Waals surface area contributed by atoms with Crippen molar-refractivity contribution in [2.75, 3.05) is 33.4 Å². The maximum Gasteiger partial charge on any atom is 0.409 e. The smallest absolute Gasteiger partial charge is 0.409 e. The molecule has 21 heavy (non-hydrogen) atoms. The number of rotatable bonds is 6. The highest BCUT2D eigenvalue weighted by atomic mass is 32.2. The van der Waals surface area contributed by atoms with Gasteiger partial charge in [0, 0.05) is 13.1 Å². The molecule has 0 spiro atoms. The predicted octanol–water partition coefficient (Wildman–Crippen LogP) is 0.734. The number of aryl methyl sites for hydroxylation is 1. The van der Waals surface area contributed by atoms with E-state index in [1.54, 1.807) is 19.1 Å². The van der Waals surface area contributed by atoms with Crippen molar-refractivity contribution in [1.29, 1.82) is 0 Å². The van der Waals surface area contributed by atoms with Crippen LogP contribution in [0.2, 0.25) is 0 Å². The van der Waals surface area contributed by atoms with Crippen LogP contribution in [0.25, 0.3) is 0 Å². The molecule has 0 saturated carbocycles. The number of cyclic esters (lactones) is 1. The van der Waals surface area contributed by atoms with Gasteiger partial charge in [-0.15, -0.1) is 0 Å². The van der Waals surface area contributed by atoms with E-state index >= 15 is 0 Å². The number of hydrogen-bond acceptors (Lipinski definition) is 5. The van der Waals surface area contributed by atoms with Gasteiger partial charge in [0.1, 0.15) is 12.4 Å². The normalized spacial score (nSPS) is 15.1. The summed E-state index contributed by atoms with van der Waals surface area (Å²) in [6.45, 7) is 3.04. The van der Waals surface area contributed by atoms with Gasteiger partial charge in [-0.1, -0.05) is 0 Å². The van der Waals surface area contributed by atoms with Gasteiger partial charge in [0.15, 0.2) is 0 Å². The molecule has 8 heteroatoms. The molecule has 7 nitrogen and oxygen atoms in total. The number of amides is 1. The van der Waals surface area contributed by atoms with Crippen LogP contribution < -0.4 is 9.46 Å². The molecular weight excluding hydrogens is 296 g/mol. The second kappa shape index (κ2) is 6.31. The van der Waals surface area contributed by atoms with Gasteiger partial charge >= 0.3 is 6.09 Å². The standard InChI is InChI=1S/C13H18N2O5S/c1-10-9-11(3-4-12(10)19-2)21(17,18)14-5-6-15-7-8-20-13(15)16/h3-4,9,14H,5-8H2,1-2H3. The Morgan fingerprint density at radius 3 is 2.76 bits per heavy atom. The fraction of sp³-hybridized carbons (Fsp3) is 0.462. The number of methoxy groups -OCH3 is 1. The Bertz CT molecular complexity index is 629. The summed E-state index contributed by atoms with van der Waals surface area (Å²) in [6.07, 6.45) is -0.408. The Hall–Kier alpha value is -1.80. The number of sulfonamides is 1. The molecular formula is C13H18N2O5S. The first-order valence-corrected chi connectivity index (χ1v) is 7.98. The van der Waals surface area contributed by atoms with Gasteiger partial charge in [0.2, 0.25) is 10.0 Å². The molecule has 1 saturated heterocycles. The second-order valence-corrected chi connectivity index (χ2v) is 6.40. The molecule has 0 atom stereocenters. The highest BCUT2D eigenvalue weighted by Gasteiger charge is 2.22. The number of benzene rings is 1. The molecule has 1 heterocycles. The first kappa shape index (κ1) is 15.6. The van der Waals surface area contributed by atoms with Crippen molar-refractivity contribution in [3.63, 3.8) is 0 Å². The predicted molar refractivity (Wildman–Crippen MR) is 75.8 cm³/mol. The van der Waals surface area contributed by atoms with Crippen LogP contribution in [0, 0.1) is 6.92 Å². The molecule has 1 N–H and O–H groups in total. The molecule has 1 fully saturated rings. The first-order chi connectivity index (χ1) is 9.94. The van der Waals surface area contributed by atoms with Gasteiger partial charge in [0.25, 0.3) is 0 Å². The third kappa shape index (κ3) is 3.64. The van der Waals surface area contributed by atoms with Crippen LogP contribution in [0.15, 0.2) is 23.1 Å². The number of carbonyl (C=O) groups excluding carboxylic acids is 1. The molecule has 0 aromatic heterocycles. The summed E-state index contributed by atoms with van der Waals surface area (Å²) in [5.41, 5.74) is 0.739. The number of carbonyl (C=O) groups is 1. The van der Waals surface area contributed by atoms with Crippen molar-refractivity contribution >= 4 is 16.1 Å². The quantitative estimate of drug-likeness (QED) is 0.837. The van der Waals surface area contributed by atoms with Gasteiger partial charge in [-0.05, 0) is 30.7 Å². The highest BCUT2D eigenvalue weighted by Crippen LogP contribution is 2.21. The van der Waals surface area contributed by atoms with Crippen molar-refractivity contribution in [2.24, 2.45) is 0 Å². The van der Waals surface area contributed by atoms with Crippen molar-refractivity contribution in [1.82, 2.24) is 9.62 Å². The topological polar surface area (TPSA) is 84.9 Å². The number of hydrogen-bond donors (Lipinski definition) is 1. The summed E-state index contributed by atoms with van der Waals surface area (Å²) >= 11 is 0. The van der Waals surface area contributed by atoms with E-state index in [9.17, 15) is 13.2 Å². The van der Waals surface area contributed by atoms with Crippen LogP contribution in [0.5, 0.6) is 5.75 Å². The minimum Gasteiger partial charge on any atom is -0.496 e. The molecule has 1 aliphatic heterocycles. The minimum atomic E-state index is -3.60. The average molecular weight is 314 g/mol. The van der Waals surface area contributed by atoms with Crippen molar-refractivity contribution in [3.8, 4) is 5.75 Å². The molecule has 0 radical (unpaired) electrons. The third-order valence-corrected chi connectivity index (χ3v) is 4.65. The number of nitrogens with zero attached hydrogens (tertiary/aromatic N) is 1. The molecule has 1 aromatic carbocycles. The van der Waals surface area contributed by atoms with Crippen LogP contribution in [0.1, 0.15) is 5.56 Å². The Morgan fingerprint density at radius 2 is 2.19 bits per heavy atom. The van der Waals surface area contributed by atoms with E-state index in [2.05, 4.69) is 4.72 Å². The minimum absolute atomic E-state index is 0.141. The molecule has 116 valence electrons. The summed E-state index contributed by atoms with van der Waals surface area (Å²) in [5, 5.41) is 0. The fourth-order valence-electron chi connectivity index (χ4n) is 2.05. The molecule has 2 rings (SSSR count). The van der Waals surface area contributed by atoms with E-state index in [0.29, 0.717) is 18.9 Å². The molecule has 1 aliphatic rings. The van der Waals surface area contributed by atoms with Crippen LogP contribution in [0.4, 0.5) is 4.79 Å². The van der Waals surface area contributed by atoms with Crippen LogP contribution in [0.3, 0.4) is 0 Å². The number of nitrogens with one attached hydrogen (secondary N) is 1. The van der Waals surface area contributed by atoms with E-state index in [1.165, 1.54) is 18.1 Å². The Morgan fingerprint density at radius 1 is 1.43 bits per heavy atom. The van der Waals surface area contributed by atoms with E-state index in [1.807, 2.05) is 0 Å². The zero-order chi connectivity index (χ0) is 15.5. The van der Waals surface area contributed by atoms with Crippen LogP contribution >= 0.6 is 0 Å². The van der Waals surface area contributed by atoms with Gasteiger partial charge in [-0.25, -0.2) is 17.9 Å². The molecule has 1 amide bonds. The summed E-state index contributed by atoms with van der Waals surface area (Å²) in [4.78, 5) is 12.9. The Balaban J connectivity index is 1.98. The second-order valence-electron chi connectivity index (χ2n) is 4.63. The van der Waals surface area contributed by atoms with E-state index in [4.69, 9.17) is 9.47 Å². The highest BCUT2D eigenvalue weighted by molar-refractivity contribution is 7.89. The van der Waals surface area contributed by atoms with Crippen LogP contribution in [-0.2, 0) is 14.8 Å². The molecule has 0 unspecified atom stereocenters. The fourth-order valence-corrected chi connectivity index (χ4v) is 3.15. The Kier molecular flexibility index (Phi) is 4.69. The van der Waals surface area contributed by atoms with E-state index in [0.717, 1.165) is 5.56 Å². The molecule has 1 aromatic rings. The van der Waals surface area contributed by atoms with E-state index in [-0.39, 0.29) is 18.0 Å². The summed E-state index contributed by atoms with van der Waals surface area (Å²) in [7, 11) is -2.07. The SMILES string of the molecule is COc1ccc(S(=O)(=O)NCCN2CCOC2=O)cc1C. The molecule has 0 aliphatic carbocycles. The lowest BCUT2D eigenvalue weighted by Crippen LogP contribution is -2.35. The lowest BCUT2D eigenvalue weighted by Gasteiger charge is -2.13. The lowest BCUT2D eigenvalue weighted by atomic mass is 10.2. The number of ether oxygens (including phenoxy) is 2. The van der Waals surface area contributed by atoms with Gasteiger partial charge in [0.05, 0.1) is 18.6 Å². The summed E-state index contributed by atoms with van der Waals surface area (Å²) in [6, 6.07) is 4.64. The van der Waals surface area contributed by atoms with Gasteiger partial charge < -0.3 is 14.4 Å². The van der Waals surface area contributed by atoms with Crippen LogP contribution in [-0.4, -0.2) is 52.8 Å². The zero-order valence-corrected chi connectivity index (χ0v) is 12.8. The van der Waals surface area contributed by atoms with E-state index < -0.39 is 16.1 Å². The first-order valence-electron chi connectivity index (χ1n) is 6.50.